The third-order valence-corrected chi connectivity index (χ3v) is 8.24. The van der Waals surface area contributed by atoms with Crippen LogP contribution in [0.1, 0.15) is 112 Å². The van der Waals surface area contributed by atoms with Gasteiger partial charge >= 0.3 is 30.2 Å². The van der Waals surface area contributed by atoms with Crippen LogP contribution in [-0.2, 0) is 14.3 Å². The third-order valence-electron chi connectivity index (χ3n) is 8.24. The fraction of sp³-hybridized carbons (Fsp3) is 0.450. The van der Waals surface area contributed by atoms with Gasteiger partial charge < -0.3 is 28.8 Å². The monoisotopic (exact) mass is 762 g/mol. The highest BCUT2D eigenvalue weighted by molar-refractivity contribution is 5.97. The molecule has 3 aromatic rings. The molecule has 0 fully saturated rings. The molecule has 10 nitrogen and oxygen atoms in total. The van der Waals surface area contributed by atoms with E-state index in [4.69, 9.17) is 18.9 Å². The van der Waals surface area contributed by atoms with Crippen molar-refractivity contribution in [3.05, 3.63) is 77.6 Å². The molecule has 14 heteroatoms. The van der Waals surface area contributed by atoms with Crippen molar-refractivity contribution >= 4 is 24.1 Å². The van der Waals surface area contributed by atoms with Crippen molar-refractivity contribution in [2.75, 3.05) is 13.2 Å². The number of rotatable bonds is 22. The maximum absolute atomic E-state index is 15.2. The van der Waals surface area contributed by atoms with E-state index >= 15 is 4.39 Å². The summed E-state index contributed by atoms with van der Waals surface area (Å²) in [6.45, 7) is 4.82. The number of carboxylic acid groups (broad SMARTS) is 1. The van der Waals surface area contributed by atoms with Crippen molar-refractivity contribution < 1.29 is 65.5 Å². The van der Waals surface area contributed by atoms with Crippen molar-refractivity contribution in [2.45, 2.75) is 103 Å². The van der Waals surface area contributed by atoms with Crippen LogP contribution in [0.3, 0.4) is 0 Å². The molecule has 0 radical (unpaired) electrons. The molecule has 0 spiro atoms. The van der Waals surface area contributed by atoms with Crippen molar-refractivity contribution in [3.8, 4) is 28.4 Å². The zero-order valence-electron chi connectivity index (χ0n) is 30.4. The summed E-state index contributed by atoms with van der Waals surface area (Å²) in [7, 11) is 0. The molecule has 0 bridgehead atoms. The second-order valence-electron chi connectivity index (χ2n) is 12.5. The van der Waals surface area contributed by atoms with Gasteiger partial charge in [-0.3, -0.25) is 4.79 Å². The van der Waals surface area contributed by atoms with Gasteiger partial charge in [0.15, 0.2) is 6.10 Å². The Hall–Kier alpha value is -4.98. The van der Waals surface area contributed by atoms with E-state index in [2.05, 4.69) is 11.7 Å². The number of unbranched alkanes of at least 4 members (excludes halogenated alkanes) is 8. The molecule has 54 heavy (non-hydrogen) atoms. The van der Waals surface area contributed by atoms with Crippen LogP contribution in [0.5, 0.6) is 17.2 Å². The van der Waals surface area contributed by atoms with Crippen molar-refractivity contribution in [3.63, 3.8) is 0 Å². The lowest BCUT2D eigenvalue weighted by Gasteiger charge is -2.21. The van der Waals surface area contributed by atoms with Gasteiger partial charge in [0.05, 0.1) is 11.1 Å². The molecule has 1 N–H and O–H groups in total. The van der Waals surface area contributed by atoms with Crippen LogP contribution in [-0.4, -0.2) is 54.7 Å². The zero-order valence-corrected chi connectivity index (χ0v) is 30.4. The predicted octanol–water partition coefficient (Wildman–Crippen LogP) is 10.5. The Balaban J connectivity index is 1.62. The molecule has 3 aromatic carbocycles. The number of ether oxygens (including phenoxy) is 5. The number of benzene rings is 3. The Kier molecular flexibility index (Phi) is 17.9. The number of carbonyl (C=O) groups excluding carboxylic acids is 3. The van der Waals surface area contributed by atoms with Gasteiger partial charge in [-0.15, -0.1) is 0 Å². The number of carboxylic acids is 1. The first-order chi connectivity index (χ1) is 25.8. The molecular formula is C40H46F4O10. The molecule has 0 saturated carbocycles. The van der Waals surface area contributed by atoms with Gasteiger partial charge in [0.2, 0.25) is 0 Å². The first-order valence-electron chi connectivity index (χ1n) is 18.1. The first-order valence-corrected chi connectivity index (χ1v) is 18.1. The summed E-state index contributed by atoms with van der Waals surface area (Å²) < 4.78 is 81.5. The topological polar surface area (TPSA) is 135 Å². The predicted molar refractivity (Wildman–Crippen MR) is 190 cm³/mol. The standard InChI is InChI=1S/C40H46F4O10/c1-3-5-6-7-8-9-12-15-36(45)51-28-17-19-29(20-18-28)52-39(49)53-30-21-23-31(37(46)47)33(26-30)27-16-22-32(34(41)25-27)38(48)54-35(40(42,43)44)14-11-10-13-24-50-4-2/h16-23,25-26,35H,3-15,24H2,1-2H3,(H,46,47)/t35-/m1/s1. The minimum absolute atomic E-state index is 0.0492. The summed E-state index contributed by atoms with van der Waals surface area (Å²) in [4.78, 5) is 49.3. The average Bonchev–Trinajstić information content (AvgIpc) is 3.12. The minimum Gasteiger partial charge on any atom is -0.478 e. The molecule has 0 unspecified atom stereocenters. The Morgan fingerprint density at radius 3 is 1.93 bits per heavy atom. The largest absolute Gasteiger partial charge is 0.519 e. The maximum atomic E-state index is 15.2. The molecule has 0 saturated heterocycles. The first kappa shape index (κ1) is 43.4. The van der Waals surface area contributed by atoms with Gasteiger partial charge in [-0.25, -0.2) is 18.8 Å². The highest BCUT2D eigenvalue weighted by Crippen LogP contribution is 2.32. The number of halogens is 4. The fourth-order valence-electron chi connectivity index (χ4n) is 5.40. The SMILES string of the molecule is CCCCCCCCCC(=O)Oc1ccc(OC(=O)Oc2ccc(C(=O)O)c(-c3ccc(C(=O)O[C@H](CCCCCOCC)C(F)(F)F)c(F)c3)c2)cc1. The second kappa shape index (κ2) is 22.3. The van der Waals surface area contributed by atoms with E-state index in [0.717, 1.165) is 62.1 Å². The van der Waals surface area contributed by atoms with Crippen LogP contribution >= 0.6 is 0 Å². The number of aromatic carboxylic acids is 1. The van der Waals surface area contributed by atoms with Gasteiger partial charge in [-0.1, -0.05) is 57.9 Å². The highest BCUT2D eigenvalue weighted by atomic mass is 19.4. The summed E-state index contributed by atoms with van der Waals surface area (Å²) in [5.74, 6) is -4.47. The number of hydrogen-bond donors (Lipinski definition) is 1. The van der Waals surface area contributed by atoms with E-state index in [0.29, 0.717) is 26.1 Å². The Morgan fingerprint density at radius 2 is 1.30 bits per heavy atom. The Bertz CT molecular complexity index is 1670. The van der Waals surface area contributed by atoms with Crippen molar-refractivity contribution in [1.29, 1.82) is 0 Å². The van der Waals surface area contributed by atoms with Gasteiger partial charge in [-0.05, 0) is 98.3 Å². The molecule has 0 aliphatic heterocycles. The van der Waals surface area contributed by atoms with Crippen LogP contribution in [0.25, 0.3) is 11.1 Å². The molecule has 294 valence electrons. The lowest BCUT2D eigenvalue weighted by molar-refractivity contribution is -0.206. The fourth-order valence-corrected chi connectivity index (χ4v) is 5.40. The summed E-state index contributed by atoms with van der Waals surface area (Å²) in [6, 6.07) is 11.8. The summed E-state index contributed by atoms with van der Waals surface area (Å²) in [6.07, 6.45) is -0.287. The second-order valence-corrected chi connectivity index (χ2v) is 12.5. The van der Waals surface area contributed by atoms with Gasteiger partial charge in [-0.2, -0.15) is 13.2 Å². The van der Waals surface area contributed by atoms with Gasteiger partial charge in [0.1, 0.15) is 23.1 Å². The van der Waals surface area contributed by atoms with Crippen molar-refractivity contribution in [2.24, 2.45) is 0 Å². The van der Waals surface area contributed by atoms with E-state index in [1.807, 2.05) is 0 Å². The van der Waals surface area contributed by atoms with E-state index in [9.17, 15) is 37.5 Å². The van der Waals surface area contributed by atoms with Crippen LogP contribution in [0.4, 0.5) is 22.4 Å². The molecule has 1 atom stereocenters. The number of carbonyl (C=O) groups is 4. The maximum Gasteiger partial charge on any atom is 0.519 e. The highest BCUT2D eigenvalue weighted by Gasteiger charge is 2.42. The quantitative estimate of drug-likeness (QED) is 0.0346. The lowest BCUT2D eigenvalue weighted by Crippen LogP contribution is -2.34. The summed E-state index contributed by atoms with van der Waals surface area (Å²) >= 11 is 0. The van der Waals surface area contributed by atoms with Crippen LogP contribution in [0, 0.1) is 5.82 Å². The number of hydrogen-bond acceptors (Lipinski definition) is 9. The molecular weight excluding hydrogens is 716 g/mol. The van der Waals surface area contributed by atoms with E-state index in [-0.39, 0.29) is 52.7 Å². The third kappa shape index (κ3) is 14.8. The van der Waals surface area contributed by atoms with E-state index in [1.165, 1.54) is 43.5 Å². The van der Waals surface area contributed by atoms with Crippen LogP contribution in [0.2, 0.25) is 0 Å². The molecule has 0 heterocycles. The van der Waals surface area contributed by atoms with Crippen molar-refractivity contribution in [1.82, 2.24) is 0 Å². The molecule has 0 aromatic heterocycles. The molecule has 0 aliphatic carbocycles. The van der Waals surface area contributed by atoms with Crippen LogP contribution < -0.4 is 14.2 Å². The molecule has 0 amide bonds. The van der Waals surface area contributed by atoms with Gasteiger partial charge in [0, 0.05) is 19.6 Å². The van der Waals surface area contributed by atoms with E-state index in [1.54, 1.807) is 6.92 Å². The van der Waals surface area contributed by atoms with E-state index < -0.39 is 48.2 Å². The zero-order chi connectivity index (χ0) is 39.5. The normalized spacial score (nSPS) is 11.8. The number of alkyl halides is 3. The summed E-state index contributed by atoms with van der Waals surface area (Å²) in [5.41, 5.74) is -1.33. The number of esters is 2. The van der Waals surface area contributed by atoms with Crippen LogP contribution in [0.15, 0.2) is 60.7 Å². The summed E-state index contributed by atoms with van der Waals surface area (Å²) in [5, 5.41) is 9.74. The molecule has 0 aliphatic rings. The smallest absolute Gasteiger partial charge is 0.478 e. The molecule has 3 rings (SSSR count). The Morgan fingerprint density at radius 1 is 0.704 bits per heavy atom. The average molecular weight is 763 g/mol. The van der Waals surface area contributed by atoms with Gasteiger partial charge in [0.25, 0.3) is 0 Å². The lowest BCUT2D eigenvalue weighted by atomic mass is 9.98. The minimum atomic E-state index is -4.88. The Labute approximate surface area is 311 Å².